The van der Waals surface area contributed by atoms with Gasteiger partial charge in [-0.25, -0.2) is 9.78 Å². The number of aliphatic carboxylic acids is 1. The summed E-state index contributed by atoms with van der Waals surface area (Å²) in [6.07, 6.45) is 3.08. The predicted molar refractivity (Wildman–Crippen MR) is 173 cm³/mol. The fourth-order valence-corrected chi connectivity index (χ4v) is 6.04. The Bertz CT molecular complexity index is 1920. The smallest absolute Gasteiger partial charge is 0.337 e. The van der Waals surface area contributed by atoms with Crippen molar-refractivity contribution >= 4 is 27.6 Å². The Morgan fingerprint density at radius 2 is 1.82 bits per heavy atom. The number of carboxylic acids is 1. The number of hydrogen-bond acceptors (Lipinski definition) is 8. The molecule has 6 rings (SSSR count). The first-order chi connectivity index (χ1) is 21.6. The summed E-state index contributed by atoms with van der Waals surface area (Å²) >= 11 is 0. The maximum absolute atomic E-state index is 12.9. The van der Waals surface area contributed by atoms with Crippen molar-refractivity contribution in [2.45, 2.75) is 59.7 Å². The van der Waals surface area contributed by atoms with Crippen LogP contribution in [0.1, 0.15) is 57.4 Å². The van der Waals surface area contributed by atoms with Gasteiger partial charge >= 0.3 is 12.0 Å². The van der Waals surface area contributed by atoms with E-state index >= 15 is 0 Å². The number of benzene rings is 3. The van der Waals surface area contributed by atoms with Gasteiger partial charge in [0.05, 0.1) is 36.5 Å². The average Bonchev–Trinajstić information content (AvgIpc) is 3.00. The molecule has 1 atom stereocenters. The number of aryl methyl sites for hydroxylation is 1. The largest absolute Gasteiger partial charge is 0.493 e. The van der Waals surface area contributed by atoms with E-state index in [2.05, 4.69) is 16.0 Å². The molecule has 1 N–H and O–H groups in total. The number of ether oxygens (including phenoxy) is 4. The Balaban J connectivity index is 1.65. The lowest BCUT2D eigenvalue weighted by atomic mass is 9.85. The Kier molecular flexibility index (Phi) is 8.05. The number of nitrogens with zero attached hydrogens (tertiary/aromatic N) is 3. The maximum atomic E-state index is 12.9. The number of rotatable bonds is 9. The number of carboxylic acid groups (broad SMARTS) is 1. The van der Waals surface area contributed by atoms with E-state index in [9.17, 15) is 9.90 Å². The quantitative estimate of drug-likeness (QED) is 0.182. The molecule has 2 aromatic heterocycles. The van der Waals surface area contributed by atoms with Crippen LogP contribution in [0.5, 0.6) is 17.6 Å². The van der Waals surface area contributed by atoms with Crippen LogP contribution in [-0.4, -0.2) is 51.4 Å². The van der Waals surface area contributed by atoms with Crippen LogP contribution in [0.3, 0.4) is 0 Å². The maximum Gasteiger partial charge on any atom is 0.337 e. The Hall–Kier alpha value is -4.76. The topological polar surface area (TPSA) is 113 Å². The number of hydrogen-bond donors (Lipinski definition) is 1. The highest BCUT2D eigenvalue weighted by atomic mass is 16.5. The molecule has 0 spiro atoms. The lowest BCUT2D eigenvalue weighted by Gasteiger charge is -2.29. The van der Waals surface area contributed by atoms with E-state index in [1.807, 2.05) is 84.1 Å². The number of pyridine rings is 1. The van der Waals surface area contributed by atoms with Gasteiger partial charge in [0.2, 0.25) is 5.88 Å². The van der Waals surface area contributed by atoms with Crippen molar-refractivity contribution in [3.63, 3.8) is 0 Å². The molecule has 0 saturated carbocycles. The second kappa shape index (κ2) is 12.0. The molecular weight excluding hydrogens is 570 g/mol. The summed E-state index contributed by atoms with van der Waals surface area (Å²) in [5, 5.41) is 13.3. The summed E-state index contributed by atoms with van der Waals surface area (Å²) < 4.78 is 23.6. The third kappa shape index (κ3) is 5.76. The zero-order chi connectivity index (χ0) is 31.9. The third-order valence-electron chi connectivity index (χ3n) is 7.78. The second-order valence-electron chi connectivity index (χ2n) is 12.0. The Morgan fingerprint density at radius 1 is 1.02 bits per heavy atom. The fourth-order valence-electron chi connectivity index (χ4n) is 6.04. The molecule has 0 radical (unpaired) electrons. The Labute approximate surface area is 262 Å². The molecule has 45 heavy (non-hydrogen) atoms. The SMILES string of the molecule is CCOc1ncc(-c2ccc3c(-c4ccc5c6c(ccnc46)CCO5)c([C@H](OC(C)(C)C)C(=O)O)c(C)cc3c2)c(OCC)n1. The highest BCUT2D eigenvalue weighted by Crippen LogP contribution is 2.46. The molecular formula is C36H37N3O6. The van der Waals surface area contributed by atoms with Crippen molar-refractivity contribution < 1.29 is 28.8 Å². The lowest BCUT2D eigenvalue weighted by molar-refractivity contribution is -0.160. The van der Waals surface area contributed by atoms with E-state index in [1.54, 1.807) is 6.20 Å². The Morgan fingerprint density at radius 3 is 2.56 bits per heavy atom. The van der Waals surface area contributed by atoms with Crippen molar-refractivity contribution in [3.05, 3.63) is 71.5 Å². The zero-order valence-corrected chi connectivity index (χ0v) is 26.4. The molecule has 9 nitrogen and oxygen atoms in total. The second-order valence-corrected chi connectivity index (χ2v) is 12.0. The van der Waals surface area contributed by atoms with Crippen LogP contribution in [0.4, 0.5) is 0 Å². The van der Waals surface area contributed by atoms with Crippen LogP contribution in [-0.2, 0) is 16.0 Å². The van der Waals surface area contributed by atoms with Crippen LogP contribution >= 0.6 is 0 Å². The van der Waals surface area contributed by atoms with Gasteiger partial charge < -0.3 is 24.1 Å². The van der Waals surface area contributed by atoms with E-state index in [4.69, 9.17) is 23.9 Å². The van der Waals surface area contributed by atoms with Gasteiger partial charge in [0.25, 0.3) is 0 Å². The fraction of sp³-hybridized carbons (Fsp3) is 0.333. The molecule has 5 aromatic rings. The van der Waals surface area contributed by atoms with Crippen molar-refractivity contribution in [1.29, 1.82) is 0 Å². The first-order valence-electron chi connectivity index (χ1n) is 15.2. The highest BCUT2D eigenvalue weighted by Gasteiger charge is 2.33. The van der Waals surface area contributed by atoms with Crippen LogP contribution in [0.2, 0.25) is 0 Å². The minimum absolute atomic E-state index is 0.256. The van der Waals surface area contributed by atoms with Gasteiger partial charge in [0, 0.05) is 35.3 Å². The number of aromatic nitrogens is 3. The molecule has 0 saturated heterocycles. The molecule has 1 aliphatic rings. The molecule has 0 fully saturated rings. The molecule has 0 bridgehead atoms. The van der Waals surface area contributed by atoms with Crippen molar-refractivity contribution in [2.75, 3.05) is 19.8 Å². The van der Waals surface area contributed by atoms with Gasteiger partial charge in [-0.3, -0.25) is 4.98 Å². The van der Waals surface area contributed by atoms with E-state index in [0.717, 1.165) is 67.2 Å². The zero-order valence-electron chi connectivity index (χ0n) is 26.4. The first kappa shape index (κ1) is 30.3. The van der Waals surface area contributed by atoms with Crippen molar-refractivity contribution in [2.24, 2.45) is 0 Å². The molecule has 3 aromatic carbocycles. The molecule has 0 amide bonds. The van der Waals surface area contributed by atoms with Gasteiger partial charge in [-0.05, 0) is 98.8 Å². The van der Waals surface area contributed by atoms with Gasteiger partial charge in [-0.15, -0.1) is 0 Å². The number of fused-ring (bicyclic) bond motifs is 1. The molecule has 1 aliphatic heterocycles. The highest BCUT2D eigenvalue weighted by molar-refractivity contribution is 6.09. The number of carbonyl (C=O) groups is 1. The molecule has 232 valence electrons. The minimum Gasteiger partial charge on any atom is -0.493 e. The summed E-state index contributed by atoms with van der Waals surface area (Å²) in [5.41, 5.74) is 5.77. The van der Waals surface area contributed by atoms with E-state index in [-0.39, 0.29) is 6.01 Å². The minimum atomic E-state index is -1.21. The van der Waals surface area contributed by atoms with Gasteiger partial charge in [0.1, 0.15) is 5.75 Å². The van der Waals surface area contributed by atoms with Crippen molar-refractivity contribution in [1.82, 2.24) is 15.0 Å². The van der Waals surface area contributed by atoms with Crippen LogP contribution in [0.25, 0.3) is 43.9 Å². The average molecular weight is 608 g/mol. The van der Waals surface area contributed by atoms with E-state index in [1.165, 1.54) is 0 Å². The van der Waals surface area contributed by atoms with Gasteiger partial charge in [-0.2, -0.15) is 4.98 Å². The van der Waals surface area contributed by atoms with Crippen LogP contribution in [0.15, 0.2) is 54.9 Å². The van der Waals surface area contributed by atoms with E-state index < -0.39 is 17.7 Å². The standard InChI is InChI=1S/C36H37N3O6/c1-7-42-33-26(19-38-35(39-33)43-8-2)22-9-10-24-23(18-22)17-20(3)28(32(34(40)41)45-36(4,5)6)30(24)25-11-12-27-29-21(14-16-44-27)13-15-37-31(25)29/h9-13,15,17-19,32H,7-8,14,16H2,1-6H3,(H,40,41)/t32-/m0/s1. The molecule has 0 aliphatic carbocycles. The third-order valence-corrected chi connectivity index (χ3v) is 7.78. The van der Waals surface area contributed by atoms with Crippen molar-refractivity contribution in [3.8, 4) is 39.9 Å². The molecule has 0 unspecified atom stereocenters. The monoisotopic (exact) mass is 607 g/mol. The van der Waals surface area contributed by atoms with Gasteiger partial charge in [-0.1, -0.05) is 18.2 Å². The predicted octanol–water partition coefficient (Wildman–Crippen LogP) is 7.49. The van der Waals surface area contributed by atoms with Crippen LogP contribution in [0, 0.1) is 6.92 Å². The summed E-state index contributed by atoms with van der Waals surface area (Å²) in [6.45, 7) is 12.8. The summed E-state index contributed by atoms with van der Waals surface area (Å²) in [5.74, 6) is 0.155. The summed E-state index contributed by atoms with van der Waals surface area (Å²) in [6, 6.07) is 14.3. The van der Waals surface area contributed by atoms with E-state index in [0.29, 0.717) is 31.3 Å². The van der Waals surface area contributed by atoms with Gasteiger partial charge in [0.15, 0.2) is 6.10 Å². The lowest BCUT2D eigenvalue weighted by Crippen LogP contribution is -2.28. The summed E-state index contributed by atoms with van der Waals surface area (Å²) in [4.78, 5) is 26.6. The summed E-state index contributed by atoms with van der Waals surface area (Å²) in [7, 11) is 0. The molecule has 3 heterocycles. The molecule has 9 heteroatoms. The first-order valence-corrected chi connectivity index (χ1v) is 15.2. The normalized spacial score (nSPS) is 13.5. The van der Waals surface area contributed by atoms with Crippen LogP contribution < -0.4 is 14.2 Å².